The van der Waals surface area contributed by atoms with Gasteiger partial charge in [0.25, 0.3) is 5.91 Å². The first-order valence-corrected chi connectivity index (χ1v) is 8.27. The van der Waals surface area contributed by atoms with Crippen LogP contribution in [-0.2, 0) is 11.2 Å². The van der Waals surface area contributed by atoms with Crippen molar-refractivity contribution < 1.29 is 14.0 Å². The predicted molar refractivity (Wildman–Crippen MR) is 89.1 cm³/mol. The fourth-order valence-electron chi connectivity index (χ4n) is 1.99. The van der Waals surface area contributed by atoms with E-state index in [1.807, 2.05) is 17.5 Å². The smallest absolute Gasteiger partial charge is 0.251 e. The Labute approximate surface area is 138 Å². The molecule has 0 aliphatic heterocycles. The maximum absolute atomic E-state index is 13.4. The van der Waals surface area contributed by atoms with Crippen LogP contribution in [0.5, 0.6) is 0 Å². The minimum absolute atomic E-state index is 0.0472. The van der Waals surface area contributed by atoms with E-state index in [1.54, 1.807) is 30.4 Å². The van der Waals surface area contributed by atoms with Crippen LogP contribution in [0.4, 0.5) is 4.39 Å². The second-order valence-electron chi connectivity index (χ2n) is 5.15. The van der Waals surface area contributed by atoms with Crippen molar-refractivity contribution in [3.8, 4) is 0 Å². The zero-order valence-electron chi connectivity index (χ0n) is 12.9. The first kappa shape index (κ1) is 17.1. The maximum Gasteiger partial charge on any atom is 0.251 e. The van der Waals surface area contributed by atoms with Crippen molar-refractivity contribution in [2.45, 2.75) is 19.8 Å². The van der Waals surface area contributed by atoms with Gasteiger partial charge in [-0.2, -0.15) is 0 Å². The number of nitrogens with one attached hydrogen (secondary N) is 2. The fourth-order valence-corrected chi connectivity index (χ4v) is 2.70. The number of hydrogen-bond donors (Lipinski definition) is 2. The van der Waals surface area contributed by atoms with E-state index < -0.39 is 5.82 Å². The highest BCUT2D eigenvalue weighted by Crippen LogP contribution is 2.10. The predicted octanol–water partition coefficient (Wildman–Crippen LogP) is 2.67. The summed E-state index contributed by atoms with van der Waals surface area (Å²) < 4.78 is 13.4. The Morgan fingerprint density at radius 3 is 2.65 bits per heavy atom. The molecule has 1 aromatic carbocycles. The van der Waals surface area contributed by atoms with Gasteiger partial charge in [0.05, 0.1) is 0 Å². The standard InChI is InChI=1S/C17H19FN2O2S/c1-12-4-5-13(11-15(12)18)17(22)20-9-8-19-16(21)7-6-14-3-2-10-23-14/h2-5,10-11H,6-9H2,1H3,(H,19,21)(H,20,22). The summed E-state index contributed by atoms with van der Waals surface area (Å²) in [5, 5.41) is 7.38. The van der Waals surface area contributed by atoms with Crippen molar-refractivity contribution in [1.82, 2.24) is 10.6 Å². The highest BCUT2D eigenvalue weighted by molar-refractivity contribution is 7.09. The van der Waals surface area contributed by atoms with Gasteiger partial charge in [0, 0.05) is 30.0 Å². The summed E-state index contributed by atoms with van der Waals surface area (Å²) in [5.41, 5.74) is 0.775. The molecule has 2 aromatic rings. The van der Waals surface area contributed by atoms with Crippen LogP contribution in [0.3, 0.4) is 0 Å². The average Bonchev–Trinajstić information content (AvgIpc) is 3.05. The van der Waals surface area contributed by atoms with E-state index in [2.05, 4.69) is 10.6 Å². The van der Waals surface area contributed by atoms with E-state index in [0.29, 0.717) is 25.1 Å². The van der Waals surface area contributed by atoms with E-state index in [4.69, 9.17) is 0 Å². The van der Waals surface area contributed by atoms with E-state index in [1.165, 1.54) is 10.9 Å². The fraction of sp³-hybridized carbons (Fsp3) is 0.294. The summed E-state index contributed by atoms with van der Waals surface area (Å²) in [6, 6.07) is 8.31. The Kier molecular flexibility index (Phi) is 6.29. The van der Waals surface area contributed by atoms with Crippen LogP contribution in [-0.4, -0.2) is 24.9 Å². The molecule has 0 saturated heterocycles. The normalized spacial score (nSPS) is 10.3. The lowest BCUT2D eigenvalue weighted by Crippen LogP contribution is -2.34. The van der Waals surface area contributed by atoms with Crippen molar-refractivity contribution in [1.29, 1.82) is 0 Å². The molecule has 2 rings (SSSR count). The molecule has 2 N–H and O–H groups in total. The Morgan fingerprint density at radius 1 is 1.17 bits per heavy atom. The van der Waals surface area contributed by atoms with Gasteiger partial charge in [-0.1, -0.05) is 12.1 Å². The molecule has 0 aliphatic rings. The number of thiophene rings is 1. The zero-order valence-corrected chi connectivity index (χ0v) is 13.7. The molecular formula is C17H19FN2O2S. The van der Waals surface area contributed by atoms with Crippen LogP contribution in [0.1, 0.15) is 27.2 Å². The van der Waals surface area contributed by atoms with Crippen LogP contribution in [0.15, 0.2) is 35.7 Å². The van der Waals surface area contributed by atoms with Gasteiger partial charge in [0.2, 0.25) is 5.91 Å². The first-order valence-electron chi connectivity index (χ1n) is 7.39. The summed E-state index contributed by atoms with van der Waals surface area (Å²) in [7, 11) is 0. The summed E-state index contributed by atoms with van der Waals surface area (Å²) in [5.74, 6) is -0.801. The van der Waals surface area contributed by atoms with E-state index in [9.17, 15) is 14.0 Å². The van der Waals surface area contributed by atoms with Gasteiger partial charge in [0.15, 0.2) is 0 Å². The van der Waals surface area contributed by atoms with E-state index in [0.717, 1.165) is 6.42 Å². The number of benzene rings is 1. The number of carbonyl (C=O) groups excluding carboxylic acids is 2. The van der Waals surface area contributed by atoms with Crippen molar-refractivity contribution in [3.63, 3.8) is 0 Å². The molecule has 0 fully saturated rings. The molecule has 4 nitrogen and oxygen atoms in total. The maximum atomic E-state index is 13.4. The lowest BCUT2D eigenvalue weighted by atomic mass is 10.1. The first-order chi connectivity index (χ1) is 11.1. The molecular weight excluding hydrogens is 315 g/mol. The topological polar surface area (TPSA) is 58.2 Å². The van der Waals surface area contributed by atoms with Crippen LogP contribution in [0.2, 0.25) is 0 Å². The van der Waals surface area contributed by atoms with Crippen LogP contribution < -0.4 is 10.6 Å². The second kappa shape index (κ2) is 8.43. The minimum Gasteiger partial charge on any atom is -0.354 e. The highest BCUT2D eigenvalue weighted by atomic mass is 32.1. The summed E-state index contributed by atoms with van der Waals surface area (Å²) in [6.45, 7) is 2.30. The number of hydrogen-bond acceptors (Lipinski definition) is 3. The molecule has 6 heteroatoms. The lowest BCUT2D eigenvalue weighted by Gasteiger charge is -2.07. The molecule has 1 aromatic heterocycles. The van der Waals surface area contributed by atoms with Crippen molar-refractivity contribution in [2.75, 3.05) is 13.1 Å². The molecule has 1 heterocycles. The SMILES string of the molecule is Cc1ccc(C(=O)NCCNC(=O)CCc2cccs2)cc1F. The second-order valence-corrected chi connectivity index (χ2v) is 6.18. The van der Waals surface area contributed by atoms with E-state index >= 15 is 0 Å². The molecule has 0 bridgehead atoms. The molecule has 122 valence electrons. The number of rotatable bonds is 7. The summed E-state index contributed by atoms with van der Waals surface area (Å²) >= 11 is 1.63. The zero-order chi connectivity index (χ0) is 16.7. The average molecular weight is 334 g/mol. The van der Waals surface area contributed by atoms with Crippen molar-refractivity contribution >= 4 is 23.2 Å². The molecule has 0 atom stereocenters. The van der Waals surface area contributed by atoms with Crippen LogP contribution in [0.25, 0.3) is 0 Å². The number of halogens is 1. The molecule has 0 radical (unpaired) electrons. The summed E-state index contributed by atoms with van der Waals surface area (Å²) in [4.78, 5) is 24.7. The van der Waals surface area contributed by atoms with Gasteiger partial charge < -0.3 is 10.6 Å². The van der Waals surface area contributed by atoms with Crippen molar-refractivity contribution in [3.05, 3.63) is 57.5 Å². The number of aryl methyl sites for hydroxylation is 2. The number of amides is 2. The van der Waals surface area contributed by atoms with E-state index in [-0.39, 0.29) is 17.4 Å². The Hall–Kier alpha value is -2.21. The lowest BCUT2D eigenvalue weighted by molar-refractivity contribution is -0.121. The third-order valence-corrected chi connectivity index (χ3v) is 4.28. The van der Waals surface area contributed by atoms with Crippen LogP contribution >= 0.6 is 11.3 Å². The Morgan fingerprint density at radius 2 is 1.96 bits per heavy atom. The van der Waals surface area contributed by atoms with Gasteiger partial charge in [-0.25, -0.2) is 4.39 Å². The van der Waals surface area contributed by atoms with Gasteiger partial charge in [-0.05, 0) is 42.5 Å². The monoisotopic (exact) mass is 334 g/mol. The molecule has 0 aliphatic carbocycles. The molecule has 0 unspecified atom stereocenters. The van der Waals surface area contributed by atoms with Gasteiger partial charge in [-0.15, -0.1) is 11.3 Å². The molecule has 23 heavy (non-hydrogen) atoms. The largest absolute Gasteiger partial charge is 0.354 e. The van der Waals surface area contributed by atoms with Gasteiger partial charge >= 0.3 is 0 Å². The van der Waals surface area contributed by atoms with Gasteiger partial charge in [-0.3, -0.25) is 9.59 Å². The Balaban J connectivity index is 1.65. The minimum atomic E-state index is -0.403. The third kappa shape index (κ3) is 5.49. The Bertz CT molecular complexity index is 671. The molecule has 0 spiro atoms. The number of carbonyl (C=O) groups is 2. The third-order valence-electron chi connectivity index (χ3n) is 3.35. The quantitative estimate of drug-likeness (QED) is 0.765. The highest BCUT2D eigenvalue weighted by Gasteiger charge is 2.08. The summed E-state index contributed by atoms with van der Waals surface area (Å²) in [6.07, 6.45) is 1.15. The van der Waals surface area contributed by atoms with Gasteiger partial charge in [0.1, 0.15) is 5.82 Å². The van der Waals surface area contributed by atoms with Crippen molar-refractivity contribution in [2.24, 2.45) is 0 Å². The van der Waals surface area contributed by atoms with Crippen LogP contribution in [0, 0.1) is 12.7 Å². The molecule has 2 amide bonds. The molecule has 0 saturated carbocycles.